The summed E-state index contributed by atoms with van der Waals surface area (Å²) in [5.74, 6) is -0.570. The van der Waals surface area contributed by atoms with Crippen molar-refractivity contribution in [2.75, 3.05) is 11.6 Å². The molecule has 0 radical (unpaired) electrons. The molecule has 1 aromatic carbocycles. The van der Waals surface area contributed by atoms with Gasteiger partial charge < -0.3 is 15.1 Å². The number of nitrogens with one attached hydrogen (secondary N) is 2. The minimum absolute atomic E-state index is 0.193. The molecule has 22 heavy (non-hydrogen) atoms. The molecule has 5 nitrogen and oxygen atoms in total. The number of rotatable bonds is 5. The highest BCUT2D eigenvalue weighted by Crippen LogP contribution is 2.18. The molecule has 0 saturated carbocycles. The zero-order chi connectivity index (χ0) is 15.9. The smallest absolute Gasteiger partial charge is 0.313 e. The van der Waals surface area contributed by atoms with Crippen LogP contribution >= 0.6 is 11.8 Å². The normalized spacial score (nSPS) is 11.7. The van der Waals surface area contributed by atoms with Crippen LogP contribution in [0.3, 0.4) is 0 Å². The third-order valence-corrected chi connectivity index (χ3v) is 3.72. The van der Waals surface area contributed by atoms with Gasteiger partial charge in [0, 0.05) is 23.0 Å². The Labute approximate surface area is 133 Å². The molecule has 2 aromatic rings. The third-order valence-electron chi connectivity index (χ3n) is 3.00. The summed E-state index contributed by atoms with van der Waals surface area (Å²) in [5.41, 5.74) is 0.602. The van der Waals surface area contributed by atoms with Crippen molar-refractivity contribution in [3.05, 3.63) is 48.4 Å². The van der Waals surface area contributed by atoms with Gasteiger partial charge in [-0.05, 0) is 43.5 Å². The molecule has 0 spiro atoms. The molecule has 1 unspecified atom stereocenters. The standard InChI is InChI=1S/C16H18N2O3S/c1-11(9-13-6-4-8-21-13)17-15(19)16(20)18-12-5-3-7-14(10-12)22-2/h3-8,10-11H,9H2,1-2H3,(H,17,19)(H,18,20). The summed E-state index contributed by atoms with van der Waals surface area (Å²) in [7, 11) is 0. The van der Waals surface area contributed by atoms with Crippen LogP contribution in [0.1, 0.15) is 12.7 Å². The lowest BCUT2D eigenvalue weighted by Gasteiger charge is -2.12. The van der Waals surface area contributed by atoms with E-state index >= 15 is 0 Å². The van der Waals surface area contributed by atoms with Crippen molar-refractivity contribution in [2.24, 2.45) is 0 Å². The van der Waals surface area contributed by atoms with Gasteiger partial charge in [-0.25, -0.2) is 0 Å². The zero-order valence-electron chi connectivity index (χ0n) is 12.5. The Balaban J connectivity index is 1.87. The average Bonchev–Trinajstić information content (AvgIpc) is 3.00. The minimum Gasteiger partial charge on any atom is -0.469 e. The molecule has 0 aliphatic rings. The highest BCUT2D eigenvalue weighted by atomic mass is 32.2. The van der Waals surface area contributed by atoms with Gasteiger partial charge in [0.15, 0.2) is 0 Å². The van der Waals surface area contributed by atoms with Crippen LogP contribution in [0.4, 0.5) is 5.69 Å². The highest BCUT2D eigenvalue weighted by Gasteiger charge is 2.17. The van der Waals surface area contributed by atoms with Gasteiger partial charge in [-0.1, -0.05) is 6.07 Å². The number of hydrogen-bond acceptors (Lipinski definition) is 4. The van der Waals surface area contributed by atoms with E-state index < -0.39 is 11.8 Å². The van der Waals surface area contributed by atoms with Gasteiger partial charge in [0.05, 0.1) is 6.26 Å². The number of anilines is 1. The molecule has 0 aliphatic carbocycles. The van der Waals surface area contributed by atoms with Crippen LogP contribution in [0.15, 0.2) is 52.0 Å². The van der Waals surface area contributed by atoms with Crippen LogP contribution in [-0.4, -0.2) is 24.1 Å². The predicted molar refractivity (Wildman–Crippen MR) is 86.9 cm³/mol. The van der Waals surface area contributed by atoms with Crippen molar-refractivity contribution in [1.82, 2.24) is 5.32 Å². The van der Waals surface area contributed by atoms with E-state index in [4.69, 9.17) is 4.42 Å². The summed E-state index contributed by atoms with van der Waals surface area (Å²) < 4.78 is 5.21. The monoisotopic (exact) mass is 318 g/mol. The van der Waals surface area contributed by atoms with Crippen LogP contribution < -0.4 is 10.6 Å². The Morgan fingerprint density at radius 3 is 2.73 bits per heavy atom. The molecule has 2 N–H and O–H groups in total. The van der Waals surface area contributed by atoms with Gasteiger partial charge in [0.1, 0.15) is 5.76 Å². The van der Waals surface area contributed by atoms with E-state index in [1.807, 2.05) is 37.4 Å². The molecule has 1 heterocycles. The van der Waals surface area contributed by atoms with Crippen molar-refractivity contribution in [3.8, 4) is 0 Å². The highest BCUT2D eigenvalue weighted by molar-refractivity contribution is 7.98. The molecule has 6 heteroatoms. The van der Waals surface area contributed by atoms with E-state index in [1.54, 1.807) is 30.2 Å². The average molecular weight is 318 g/mol. The van der Waals surface area contributed by atoms with Crippen LogP contribution in [0.5, 0.6) is 0 Å². The molecule has 1 aromatic heterocycles. The molecule has 116 valence electrons. The van der Waals surface area contributed by atoms with Gasteiger partial charge in [-0.15, -0.1) is 11.8 Å². The van der Waals surface area contributed by atoms with Gasteiger partial charge >= 0.3 is 11.8 Å². The Morgan fingerprint density at radius 2 is 2.05 bits per heavy atom. The Morgan fingerprint density at radius 1 is 1.23 bits per heavy atom. The summed E-state index contributed by atoms with van der Waals surface area (Å²) in [4.78, 5) is 24.8. The Bertz CT molecular complexity index is 641. The molecule has 0 bridgehead atoms. The summed E-state index contributed by atoms with van der Waals surface area (Å²) in [6.45, 7) is 1.82. The quantitative estimate of drug-likeness (QED) is 0.657. The summed E-state index contributed by atoms with van der Waals surface area (Å²) in [6.07, 6.45) is 4.06. The van der Waals surface area contributed by atoms with E-state index in [-0.39, 0.29) is 6.04 Å². The van der Waals surface area contributed by atoms with Gasteiger partial charge in [-0.3, -0.25) is 9.59 Å². The molecule has 0 aliphatic heterocycles. The molecular weight excluding hydrogens is 300 g/mol. The first-order chi connectivity index (χ1) is 10.6. The Kier molecular flexibility index (Phi) is 5.66. The molecule has 2 rings (SSSR count). The third kappa shape index (κ3) is 4.66. The van der Waals surface area contributed by atoms with E-state index in [2.05, 4.69) is 10.6 Å². The predicted octanol–water partition coefficient (Wildman–Crippen LogP) is 2.69. The lowest BCUT2D eigenvalue weighted by atomic mass is 10.2. The lowest BCUT2D eigenvalue weighted by Crippen LogP contribution is -2.41. The number of benzene rings is 1. The maximum atomic E-state index is 11.9. The maximum Gasteiger partial charge on any atom is 0.313 e. The van der Waals surface area contributed by atoms with Gasteiger partial charge in [0.2, 0.25) is 0 Å². The second-order valence-electron chi connectivity index (χ2n) is 4.84. The fourth-order valence-corrected chi connectivity index (χ4v) is 2.42. The van der Waals surface area contributed by atoms with Gasteiger partial charge in [-0.2, -0.15) is 0 Å². The molecule has 0 saturated heterocycles. The van der Waals surface area contributed by atoms with Crippen molar-refractivity contribution in [3.63, 3.8) is 0 Å². The van der Waals surface area contributed by atoms with Crippen LogP contribution in [0, 0.1) is 0 Å². The maximum absolute atomic E-state index is 11.9. The van der Waals surface area contributed by atoms with Crippen molar-refractivity contribution >= 4 is 29.3 Å². The number of carbonyl (C=O) groups excluding carboxylic acids is 2. The van der Waals surface area contributed by atoms with Crippen LogP contribution in [0.2, 0.25) is 0 Å². The van der Waals surface area contributed by atoms with E-state index in [9.17, 15) is 9.59 Å². The SMILES string of the molecule is CSc1cccc(NC(=O)C(=O)NC(C)Cc2ccco2)c1. The van der Waals surface area contributed by atoms with Crippen molar-refractivity contribution in [1.29, 1.82) is 0 Å². The fourth-order valence-electron chi connectivity index (χ4n) is 1.96. The first-order valence-corrected chi connectivity index (χ1v) is 8.09. The van der Waals surface area contributed by atoms with Crippen molar-refractivity contribution < 1.29 is 14.0 Å². The largest absolute Gasteiger partial charge is 0.469 e. The van der Waals surface area contributed by atoms with E-state index in [0.717, 1.165) is 10.7 Å². The summed E-state index contributed by atoms with van der Waals surface area (Å²) in [5, 5.41) is 5.24. The second-order valence-corrected chi connectivity index (χ2v) is 5.72. The number of furan rings is 1. The molecule has 2 amide bonds. The Hall–Kier alpha value is -2.21. The number of thioether (sulfide) groups is 1. The molecular formula is C16H18N2O3S. The molecule has 1 atom stereocenters. The second kappa shape index (κ2) is 7.70. The van der Waals surface area contributed by atoms with Crippen LogP contribution in [-0.2, 0) is 16.0 Å². The zero-order valence-corrected chi connectivity index (χ0v) is 13.3. The first-order valence-electron chi connectivity index (χ1n) is 6.86. The van der Waals surface area contributed by atoms with Crippen molar-refractivity contribution in [2.45, 2.75) is 24.3 Å². The van der Waals surface area contributed by atoms with Crippen LogP contribution in [0.25, 0.3) is 0 Å². The molecule has 0 fully saturated rings. The number of hydrogen-bond donors (Lipinski definition) is 2. The topological polar surface area (TPSA) is 71.3 Å². The summed E-state index contributed by atoms with van der Waals surface area (Å²) >= 11 is 1.57. The first kappa shape index (κ1) is 16.2. The number of amides is 2. The summed E-state index contributed by atoms with van der Waals surface area (Å²) in [6, 6.07) is 10.8. The lowest BCUT2D eigenvalue weighted by molar-refractivity contribution is -0.136. The number of carbonyl (C=O) groups is 2. The van der Waals surface area contributed by atoms with E-state index in [0.29, 0.717) is 12.1 Å². The van der Waals surface area contributed by atoms with Gasteiger partial charge in [0.25, 0.3) is 0 Å². The fraction of sp³-hybridized carbons (Fsp3) is 0.250. The minimum atomic E-state index is -0.676. The van der Waals surface area contributed by atoms with E-state index in [1.165, 1.54) is 0 Å².